The van der Waals surface area contributed by atoms with Gasteiger partial charge in [0.2, 0.25) is 0 Å². The molecule has 0 aromatic carbocycles. The largest absolute Gasteiger partial charge is 0.379 e. The first-order chi connectivity index (χ1) is 4.88. The number of rotatable bonds is 1. The molecule has 1 aliphatic rings. The van der Waals surface area contributed by atoms with Crippen LogP contribution in [0.1, 0.15) is 30.9 Å². The second-order valence-electron chi connectivity index (χ2n) is 2.66. The van der Waals surface area contributed by atoms with Gasteiger partial charge in [-0.3, -0.25) is 0 Å². The fourth-order valence-corrected chi connectivity index (χ4v) is 1.17. The van der Waals surface area contributed by atoms with Crippen LogP contribution >= 0.6 is 0 Å². The predicted octanol–water partition coefficient (Wildman–Crippen LogP) is 0.919. The highest BCUT2D eigenvalue weighted by Gasteiger charge is 2.25. The average Bonchev–Trinajstić information content (AvgIpc) is 2.12. The highest BCUT2D eigenvalue weighted by molar-refractivity contribution is 5.34. The molecule has 0 bridgehead atoms. The Balaban J connectivity index is 2.23. The minimum absolute atomic E-state index is 0.463. The minimum atomic E-state index is 0.463. The highest BCUT2D eigenvalue weighted by Crippen LogP contribution is 2.37. The molecule has 0 saturated heterocycles. The van der Waals surface area contributed by atoms with Crippen LogP contribution in [0.2, 0.25) is 0 Å². The molecule has 0 radical (unpaired) electrons. The third-order valence-electron chi connectivity index (χ3n) is 2.03. The van der Waals surface area contributed by atoms with E-state index in [2.05, 4.69) is 14.9 Å². The van der Waals surface area contributed by atoms with Gasteiger partial charge >= 0.3 is 0 Å². The van der Waals surface area contributed by atoms with Crippen LogP contribution in [0.3, 0.4) is 0 Å². The summed E-state index contributed by atoms with van der Waals surface area (Å²) in [4.78, 5) is 0. The first-order valence-electron chi connectivity index (χ1n) is 3.46. The average molecular weight is 139 g/mol. The number of aromatic nitrogens is 2. The number of hydrogen-bond acceptors (Lipinski definition) is 4. The van der Waals surface area contributed by atoms with Crippen LogP contribution in [0, 0.1) is 0 Å². The van der Waals surface area contributed by atoms with E-state index in [4.69, 9.17) is 5.73 Å². The van der Waals surface area contributed by atoms with Crippen molar-refractivity contribution in [2.24, 2.45) is 0 Å². The van der Waals surface area contributed by atoms with Crippen LogP contribution in [-0.4, -0.2) is 10.3 Å². The van der Waals surface area contributed by atoms with Crippen LogP contribution in [0.15, 0.2) is 4.63 Å². The van der Waals surface area contributed by atoms with Gasteiger partial charge in [-0.15, -0.1) is 0 Å². The second kappa shape index (κ2) is 1.97. The number of nitrogen functional groups attached to an aromatic ring is 1. The molecule has 1 heterocycles. The zero-order valence-electron chi connectivity index (χ0n) is 5.58. The van der Waals surface area contributed by atoms with Crippen molar-refractivity contribution < 1.29 is 4.63 Å². The normalized spacial score (nSPS) is 18.8. The van der Waals surface area contributed by atoms with E-state index in [1.807, 2.05) is 0 Å². The van der Waals surface area contributed by atoms with Crippen molar-refractivity contribution >= 4 is 5.82 Å². The summed E-state index contributed by atoms with van der Waals surface area (Å²) in [6.45, 7) is 0. The molecule has 1 aromatic rings. The molecule has 4 nitrogen and oxygen atoms in total. The zero-order valence-corrected chi connectivity index (χ0v) is 5.58. The number of anilines is 1. The Morgan fingerprint density at radius 3 is 2.60 bits per heavy atom. The van der Waals surface area contributed by atoms with Crippen molar-refractivity contribution in [1.29, 1.82) is 0 Å². The molecule has 2 rings (SSSR count). The van der Waals surface area contributed by atoms with Crippen molar-refractivity contribution in [3.8, 4) is 0 Å². The van der Waals surface area contributed by atoms with E-state index in [0.717, 1.165) is 5.69 Å². The van der Waals surface area contributed by atoms with Crippen LogP contribution in [0.4, 0.5) is 5.82 Å². The number of nitrogens with zero attached hydrogens (tertiary/aromatic N) is 2. The van der Waals surface area contributed by atoms with Crippen molar-refractivity contribution in [2.75, 3.05) is 5.73 Å². The fraction of sp³-hybridized carbons (Fsp3) is 0.667. The van der Waals surface area contributed by atoms with E-state index in [1.54, 1.807) is 0 Å². The van der Waals surface area contributed by atoms with Gasteiger partial charge in [-0.25, -0.2) is 4.63 Å². The standard InChI is InChI=1S/C6H9N3O/c7-6-5(8-10-9-6)4-2-1-3-4/h4H,1-3H2,(H2,7,9). The van der Waals surface area contributed by atoms with Crippen LogP contribution in [0.5, 0.6) is 0 Å². The molecule has 0 spiro atoms. The topological polar surface area (TPSA) is 64.9 Å². The highest BCUT2D eigenvalue weighted by atomic mass is 16.6. The molecule has 1 fully saturated rings. The summed E-state index contributed by atoms with van der Waals surface area (Å²) in [5.74, 6) is 0.982. The van der Waals surface area contributed by atoms with Crippen LogP contribution in [0.25, 0.3) is 0 Å². The summed E-state index contributed by atoms with van der Waals surface area (Å²) in [7, 11) is 0. The Kier molecular flexibility index (Phi) is 1.12. The lowest BCUT2D eigenvalue weighted by atomic mass is 9.83. The number of hydrogen-bond donors (Lipinski definition) is 1. The molecule has 4 heteroatoms. The van der Waals surface area contributed by atoms with Gasteiger partial charge < -0.3 is 5.73 Å². The Hall–Kier alpha value is -1.06. The molecule has 1 saturated carbocycles. The second-order valence-corrected chi connectivity index (χ2v) is 2.66. The van der Waals surface area contributed by atoms with Gasteiger partial charge in [-0.1, -0.05) is 11.6 Å². The molecular weight excluding hydrogens is 130 g/mol. The monoisotopic (exact) mass is 139 g/mol. The molecule has 2 N–H and O–H groups in total. The lowest BCUT2D eigenvalue weighted by Gasteiger charge is -2.22. The van der Waals surface area contributed by atoms with Gasteiger partial charge in [0, 0.05) is 5.92 Å². The minimum Gasteiger partial charge on any atom is -0.379 e. The molecule has 0 aliphatic heterocycles. The Morgan fingerprint density at radius 2 is 2.20 bits per heavy atom. The van der Waals surface area contributed by atoms with Crippen LogP contribution < -0.4 is 5.73 Å². The molecule has 1 aliphatic carbocycles. The zero-order chi connectivity index (χ0) is 6.97. The third kappa shape index (κ3) is 0.683. The lowest BCUT2D eigenvalue weighted by molar-refractivity contribution is 0.293. The lowest BCUT2D eigenvalue weighted by Crippen LogP contribution is -2.10. The first kappa shape index (κ1) is 5.70. The quantitative estimate of drug-likeness (QED) is 0.628. The predicted molar refractivity (Wildman–Crippen MR) is 35.3 cm³/mol. The van der Waals surface area contributed by atoms with Crippen LogP contribution in [-0.2, 0) is 0 Å². The molecular formula is C6H9N3O. The SMILES string of the molecule is Nc1nonc1C1CCC1. The summed E-state index contributed by atoms with van der Waals surface area (Å²) in [5, 5.41) is 7.24. The summed E-state index contributed by atoms with van der Waals surface area (Å²) in [6, 6.07) is 0. The van der Waals surface area contributed by atoms with Gasteiger partial charge in [0.05, 0.1) is 0 Å². The maximum absolute atomic E-state index is 5.48. The van der Waals surface area contributed by atoms with Gasteiger partial charge in [-0.05, 0) is 18.0 Å². The fourth-order valence-electron chi connectivity index (χ4n) is 1.17. The van der Waals surface area contributed by atoms with E-state index in [0.29, 0.717) is 11.7 Å². The maximum Gasteiger partial charge on any atom is 0.191 e. The first-order valence-corrected chi connectivity index (χ1v) is 3.46. The summed E-state index contributed by atoms with van der Waals surface area (Å²) in [5.41, 5.74) is 6.34. The van der Waals surface area contributed by atoms with E-state index >= 15 is 0 Å². The van der Waals surface area contributed by atoms with Gasteiger partial charge in [0.15, 0.2) is 5.82 Å². The molecule has 10 heavy (non-hydrogen) atoms. The van der Waals surface area contributed by atoms with Gasteiger partial charge in [-0.2, -0.15) is 0 Å². The smallest absolute Gasteiger partial charge is 0.191 e. The van der Waals surface area contributed by atoms with E-state index in [1.165, 1.54) is 19.3 Å². The number of nitrogens with two attached hydrogens (primary N) is 1. The summed E-state index contributed by atoms with van der Waals surface area (Å²) in [6.07, 6.45) is 3.63. The Labute approximate surface area is 58.4 Å². The van der Waals surface area contributed by atoms with Crippen molar-refractivity contribution in [3.05, 3.63) is 5.69 Å². The van der Waals surface area contributed by atoms with Gasteiger partial charge in [0.25, 0.3) is 0 Å². The van der Waals surface area contributed by atoms with Crippen molar-refractivity contribution in [3.63, 3.8) is 0 Å². The molecule has 1 aromatic heterocycles. The van der Waals surface area contributed by atoms with E-state index < -0.39 is 0 Å². The summed E-state index contributed by atoms with van der Waals surface area (Å²) >= 11 is 0. The van der Waals surface area contributed by atoms with Gasteiger partial charge in [0.1, 0.15) is 5.69 Å². The molecule has 0 unspecified atom stereocenters. The van der Waals surface area contributed by atoms with Crippen molar-refractivity contribution in [1.82, 2.24) is 10.3 Å². The molecule has 54 valence electrons. The molecule has 0 amide bonds. The molecule has 0 atom stereocenters. The van der Waals surface area contributed by atoms with E-state index in [-0.39, 0.29) is 0 Å². The third-order valence-corrected chi connectivity index (χ3v) is 2.03. The maximum atomic E-state index is 5.48. The summed E-state index contributed by atoms with van der Waals surface area (Å²) < 4.78 is 4.48. The van der Waals surface area contributed by atoms with Crippen molar-refractivity contribution in [2.45, 2.75) is 25.2 Å². The van der Waals surface area contributed by atoms with E-state index in [9.17, 15) is 0 Å². The Morgan fingerprint density at radius 1 is 1.40 bits per heavy atom. The Bertz CT molecular complexity index is 229.